The number of hydrogen-bond donors (Lipinski definition) is 0. The molecule has 0 saturated heterocycles. The maximum absolute atomic E-state index is 12.7. The summed E-state index contributed by atoms with van der Waals surface area (Å²) in [7, 11) is 1.35. The van der Waals surface area contributed by atoms with E-state index in [2.05, 4.69) is 4.98 Å². The number of fused-ring (bicyclic) bond motifs is 1. The molecule has 0 amide bonds. The molecular formula is C14H12F3NO3. The third-order valence-electron chi connectivity index (χ3n) is 2.81. The van der Waals surface area contributed by atoms with Gasteiger partial charge in [0.2, 0.25) is 0 Å². The van der Waals surface area contributed by atoms with E-state index in [1.54, 1.807) is 6.92 Å². The SMILES string of the molecule is CCOC(=O)c1cc(OC)c2ncc(C(F)(F)F)cc2c1. The highest BCUT2D eigenvalue weighted by molar-refractivity contribution is 5.97. The van der Waals surface area contributed by atoms with Gasteiger partial charge in [0.05, 0.1) is 24.8 Å². The highest BCUT2D eigenvalue weighted by Crippen LogP contribution is 2.33. The van der Waals surface area contributed by atoms with Crippen molar-refractivity contribution in [2.45, 2.75) is 13.1 Å². The number of halogens is 3. The molecule has 4 nitrogen and oxygen atoms in total. The topological polar surface area (TPSA) is 48.4 Å². The third kappa shape index (κ3) is 3.07. The number of methoxy groups -OCH3 is 1. The van der Waals surface area contributed by atoms with Crippen molar-refractivity contribution in [3.63, 3.8) is 0 Å². The molecule has 0 N–H and O–H groups in total. The van der Waals surface area contributed by atoms with Gasteiger partial charge in [-0.25, -0.2) is 4.79 Å². The van der Waals surface area contributed by atoms with Gasteiger partial charge in [-0.05, 0) is 25.1 Å². The van der Waals surface area contributed by atoms with Gasteiger partial charge >= 0.3 is 12.1 Å². The fourth-order valence-corrected chi connectivity index (χ4v) is 1.86. The predicted octanol–water partition coefficient (Wildman–Crippen LogP) is 3.44. The van der Waals surface area contributed by atoms with E-state index in [9.17, 15) is 18.0 Å². The van der Waals surface area contributed by atoms with Gasteiger partial charge in [0.1, 0.15) is 11.3 Å². The Morgan fingerprint density at radius 1 is 1.29 bits per heavy atom. The van der Waals surface area contributed by atoms with E-state index in [1.165, 1.54) is 19.2 Å². The molecule has 0 radical (unpaired) electrons. The van der Waals surface area contributed by atoms with Crippen LogP contribution in [0.15, 0.2) is 24.4 Å². The number of esters is 1. The molecule has 1 aromatic carbocycles. The van der Waals surface area contributed by atoms with Crippen molar-refractivity contribution < 1.29 is 27.4 Å². The van der Waals surface area contributed by atoms with Gasteiger partial charge in [-0.2, -0.15) is 13.2 Å². The summed E-state index contributed by atoms with van der Waals surface area (Å²) in [4.78, 5) is 15.5. The molecule has 0 aliphatic rings. The molecule has 0 bridgehead atoms. The number of hydrogen-bond acceptors (Lipinski definition) is 4. The molecule has 1 aromatic heterocycles. The van der Waals surface area contributed by atoms with Gasteiger partial charge in [-0.1, -0.05) is 0 Å². The number of ether oxygens (including phenoxy) is 2. The molecule has 21 heavy (non-hydrogen) atoms. The van der Waals surface area contributed by atoms with Crippen molar-refractivity contribution in [1.29, 1.82) is 0 Å². The first-order valence-electron chi connectivity index (χ1n) is 6.09. The van der Waals surface area contributed by atoms with Crippen LogP contribution in [0.25, 0.3) is 10.9 Å². The van der Waals surface area contributed by atoms with E-state index in [0.29, 0.717) is 0 Å². The van der Waals surface area contributed by atoms with Crippen LogP contribution in [0.4, 0.5) is 13.2 Å². The van der Waals surface area contributed by atoms with Gasteiger partial charge in [0.25, 0.3) is 0 Å². The highest BCUT2D eigenvalue weighted by Gasteiger charge is 2.31. The maximum atomic E-state index is 12.7. The normalized spacial score (nSPS) is 11.5. The molecule has 0 aliphatic carbocycles. The number of pyridine rings is 1. The lowest BCUT2D eigenvalue weighted by Crippen LogP contribution is -2.07. The smallest absolute Gasteiger partial charge is 0.417 e. The van der Waals surface area contributed by atoms with E-state index in [0.717, 1.165) is 12.3 Å². The quantitative estimate of drug-likeness (QED) is 0.815. The summed E-state index contributed by atoms with van der Waals surface area (Å²) in [5.74, 6) is -0.417. The zero-order chi connectivity index (χ0) is 15.6. The van der Waals surface area contributed by atoms with Gasteiger partial charge < -0.3 is 9.47 Å². The van der Waals surface area contributed by atoms with Crippen LogP contribution in [0.2, 0.25) is 0 Å². The lowest BCUT2D eigenvalue weighted by Gasteiger charge is -2.11. The van der Waals surface area contributed by atoms with Crippen molar-refractivity contribution in [1.82, 2.24) is 4.98 Å². The Balaban J connectivity index is 2.63. The molecule has 0 saturated carbocycles. The van der Waals surface area contributed by atoms with Crippen LogP contribution in [0.3, 0.4) is 0 Å². The van der Waals surface area contributed by atoms with E-state index >= 15 is 0 Å². The van der Waals surface area contributed by atoms with Crippen LogP contribution < -0.4 is 4.74 Å². The first-order chi connectivity index (χ1) is 9.86. The zero-order valence-electron chi connectivity index (χ0n) is 11.3. The molecule has 112 valence electrons. The summed E-state index contributed by atoms with van der Waals surface area (Å²) in [6.45, 7) is 1.81. The first kappa shape index (κ1) is 15.1. The number of rotatable bonds is 3. The van der Waals surface area contributed by atoms with Crippen LogP contribution in [0.5, 0.6) is 5.75 Å². The van der Waals surface area contributed by atoms with Crippen molar-refractivity contribution in [2.75, 3.05) is 13.7 Å². The van der Waals surface area contributed by atoms with E-state index in [1.807, 2.05) is 0 Å². The summed E-state index contributed by atoms with van der Waals surface area (Å²) >= 11 is 0. The number of benzene rings is 1. The number of carbonyl (C=O) groups excluding carboxylic acids is 1. The number of carbonyl (C=O) groups is 1. The fraction of sp³-hybridized carbons (Fsp3) is 0.286. The Labute approximate surface area is 118 Å². The minimum absolute atomic E-state index is 0.113. The Hall–Kier alpha value is -2.31. The van der Waals surface area contributed by atoms with Crippen LogP contribution in [-0.2, 0) is 10.9 Å². The van der Waals surface area contributed by atoms with Crippen LogP contribution in [0.1, 0.15) is 22.8 Å². The third-order valence-corrected chi connectivity index (χ3v) is 2.81. The summed E-state index contributed by atoms with van der Waals surface area (Å²) in [6, 6.07) is 3.62. The Morgan fingerprint density at radius 3 is 2.57 bits per heavy atom. The maximum Gasteiger partial charge on any atom is 0.417 e. The molecule has 1 heterocycles. The van der Waals surface area contributed by atoms with Crippen molar-refractivity contribution in [3.8, 4) is 5.75 Å². The standard InChI is InChI=1S/C14H12F3NO3/c1-3-21-13(19)9-4-8-5-10(14(15,16)17)7-18-12(8)11(6-9)20-2/h4-7H,3H2,1-2H3. The molecule has 2 rings (SSSR count). The molecule has 0 spiro atoms. The van der Waals surface area contributed by atoms with E-state index < -0.39 is 17.7 Å². The first-order valence-corrected chi connectivity index (χ1v) is 6.09. The number of alkyl halides is 3. The van der Waals surface area contributed by atoms with Gasteiger partial charge in [-0.15, -0.1) is 0 Å². The largest absolute Gasteiger partial charge is 0.494 e. The summed E-state index contributed by atoms with van der Waals surface area (Å²) < 4.78 is 48.1. The predicted molar refractivity (Wildman–Crippen MR) is 69.3 cm³/mol. The summed E-state index contributed by atoms with van der Waals surface area (Å²) in [5, 5.41) is 0.159. The molecule has 0 aliphatic heterocycles. The summed E-state index contributed by atoms with van der Waals surface area (Å²) in [5.41, 5.74) is -0.529. The Kier molecular flexibility index (Phi) is 4.02. The van der Waals surface area contributed by atoms with Crippen LogP contribution in [0, 0.1) is 0 Å². The molecule has 0 fully saturated rings. The highest BCUT2D eigenvalue weighted by atomic mass is 19.4. The van der Waals surface area contributed by atoms with E-state index in [-0.39, 0.29) is 28.8 Å². The molecule has 0 atom stereocenters. The van der Waals surface area contributed by atoms with Crippen LogP contribution in [-0.4, -0.2) is 24.7 Å². The second-order valence-electron chi connectivity index (χ2n) is 4.19. The van der Waals surface area contributed by atoms with Gasteiger partial charge in [-0.3, -0.25) is 4.98 Å². The fourth-order valence-electron chi connectivity index (χ4n) is 1.86. The second kappa shape index (κ2) is 5.59. The summed E-state index contributed by atoms with van der Waals surface area (Å²) in [6.07, 6.45) is -3.77. The molecule has 7 heteroatoms. The van der Waals surface area contributed by atoms with Gasteiger partial charge in [0, 0.05) is 11.6 Å². The minimum Gasteiger partial charge on any atom is -0.494 e. The zero-order valence-corrected chi connectivity index (χ0v) is 11.3. The Morgan fingerprint density at radius 2 is 2.00 bits per heavy atom. The van der Waals surface area contributed by atoms with E-state index in [4.69, 9.17) is 9.47 Å². The van der Waals surface area contributed by atoms with Crippen molar-refractivity contribution in [3.05, 3.63) is 35.5 Å². The molecule has 0 unspecified atom stereocenters. The van der Waals surface area contributed by atoms with Crippen molar-refractivity contribution >= 4 is 16.9 Å². The lowest BCUT2D eigenvalue weighted by atomic mass is 10.1. The second-order valence-corrected chi connectivity index (χ2v) is 4.19. The van der Waals surface area contributed by atoms with Gasteiger partial charge in [0.15, 0.2) is 0 Å². The number of aromatic nitrogens is 1. The minimum atomic E-state index is -4.51. The van der Waals surface area contributed by atoms with Crippen molar-refractivity contribution in [2.24, 2.45) is 0 Å². The monoisotopic (exact) mass is 299 g/mol. The number of nitrogens with zero attached hydrogens (tertiary/aromatic N) is 1. The lowest BCUT2D eigenvalue weighted by molar-refractivity contribution is -0.137. The average Bonchev–Trinajstić information content (AvgIpc) is 2.44. The molecule has 2 aromatic rings. The average molecular weight is 299 g/mol. The van der Waals surface area contributed by atoms with Crippen LogP contribution >= 0.6 is 0 Å². The Bertz CT molecular complexity index is 683. The molecular weight excluding hydrogens is 287 g/mol.